The molecule has 0 aliphatic rings. The van der Waals surface area contributed by atoms with Gasteiger partial charge in [0.25, 0.3) is 0 Å². The molecule has 0 aliphatic heterocycles. The van der Waals surface area contributed by atoms with Gasteiger partial charge in [-0.3, -0.25) is 9.59 Å². The Balaban J connectivity index is 3.77. The lowest BCUT2D eigenvalue weighted by molar-refractivity contribution is -0.144. The van der Waals surface area contributed by atoms with Gasteiger partial charge in [0.05, 0.1) is 26.1 Å². The van der Waals surface area contributed by atoms with Gasteiger partial charge in [-0.25, -0.2) is 0 Å². The molecule has 274 valence electrons. The Bertz CT molecular complexity index is 582. The van der Waals surface area contributed by atoms with Crippen LogP contribution in [0.1, 0.15) is 200 Å². The molecule has 0 fully saturated rings. The number of ether oxygens (including phenoxy) is 2. The van der Waals surface area contributed by atoms with Crippen molar-refractivity contribution in [1.29, 1.82) is 0 Å². The maximum Gasteiger partial charge on any atom is 0.307 e. The SMILES string of the molecule is CCCCCCCCCCCCCCCOC(=O)CCN(CCCNC)CCC(=O)OCCCCCCCCCCCCCCC. The summed E-state index contributed by atoms with van der Waals surface area (Å²) in [7, 11) is 1.95. The van der Waals surface area contributed by atoms with Gasteiger partial charge in [0.15, 0.2) is 0 Å². The van der Waals surface area contributed by atoms with Gasteiger partial charge in [0.1, 0.15) is 0 Å². The van der Waals surface area contributed by atoms with E-state index < -0.39 is 0 Å². The van der Waals surface area contributed by atoms with E-state index in [1.54, 1.807) is 0 Å². The van der Waals surface area contributed by atoms with E-state index in [0.29, 0.717) is 39.1 Å². The quantitative estimate of drug-likeness (QED) is 0.0529. The topological polar surface area (TPSA) is 67.9 Å². The molecule has 0 spiro atoms. The molecular formula is C40H80N2O4. The van der Waals surface area contributed by atoms with Crippen LogP contribution in [-0.2, 0) is 19.1 Å². The van der Waals surface area contributed by atoms with Crippen molar-refractivity contribution in [1.82, 2.24) is 10.2 Å². The molecule has 0 saturated heterocycles. The summed E-state index contributed by atoms with van der Waals surface area (Å²) < 4.78 is 11.0. The largest absolute Gasteiger partial charge is 0.466 e. The van der Waals surface area contributed by atoms with Crippen LogP contribution in [0.5, 0.6) is 0 Å². The summed E-state index contributed by atoms with van der Waals surface area (Å²) in [6.45, 7) is 8.65. The Hall–Kier alpha value is -1.14. The first-order chi connectivity index (χ1) is 22.6. The van der Waals surface area contributed by atoms with Crippen molar-refractivity contribution in [2.45, 2.75) is 200 Å². The predicted molar refractivity (Wildman–Crippen MR) is 198 cm³/mol. The Morgan fingerprint density at radius 1 is 0.435 bits per heavy atom. The lowest BCUT2D eigenvalue weighted by atomic mass is 10.0. The first kappa shape index (κ1) is 44.9. The van der Waals surface area contributed by atoms with E-state index in [2.05, 4.69) is 24.1 Å². The third-order valence-electron chi connectivity index (χ3n) is 9.19. The van der Waals surface area contributed by atoms with E-state index in [0.717, 1.165) is 45.2 Å². The molecule has 0 aromatic carbocycles. The lowest BCUT2D eigenvalue weighted by Crippen LogP contribution is -2.32. The standard InChI is InChI=1S/C40H80N2O4/c1-4-6-8-10-12-14-16-18-20-22-24-26-28-37-45-39(43)31-35-42(34-30-33-41-3)36-32-40(44)46-38-29-27-25-23-21-19-17-15-13-11-9-7-5-2/h41H,4-38H2,1-3H3. The maximum absolute atomic E-state index is 12.3. The fraction of sp³-hybridized carbons (Fsp3) is 0.950. The number of hydrogen-bond donors (Lipinski definition) is 1. The summed E-state index contributed by atoms with van der Waals surface area (Å²) >= 11 is 0. The Kier molecular flexibility index (Phi) is 37.4. The minimum absolute atomic E-state index is 0.123. The molecule has 0 aromatic heterocycles. The molecule has 1 N–H and O–H groups in total. The van der Waals surface area contributed by atoms with Gasteiger partial charge in [-0.05, 0) is 39.4 Å². The molecule has 46 heavy (non-hydrogen) atoms. The van der Waals surface area contributed by atoms with Crippen LogP contribution in [0.3, 0.4) is 0 Å². The molecule has 0 rings (SSSR count). The molecule has 6 heteroatoms. The van der Waals surface area contributed by atoms with Gasteiger partial charge in [-0.15, -0.1) is 0 Å². The van der Waals surface area contributed by atoms with Crippen LogP contribution in [0, 0.1) is 0 Å². The third-order valence-corrected chi connectivity index (χ3v) is 9.19. The van der Waals surface area contributed by atoms with E-state index in [1.165, 1.54) is 141 Å². The minimum atomic E-state index is -0.123. The van der Waals surface area contributed by atoms with Crippen molar-refractivity contribution in [2.75, 3.05) is 46.4 Å². The van der Waals surface area contributed by atoms with Gasteiger partial charge in [0, 0.05) is 13.1 Å². The molecule has 0 atom stereocenters. The summed E-state index contributed by atoms with van der Waals surface area (Å²) in [6, 6.07) is 0. The smallest absolute Gasteiger partial charge is 0.307 e. The maximum atomic E-state index is 12.3. The van der Waals surface area contributed by atoms with Crippen molar-refractivity contribution in [3.05, 3.63) is 0 Å². The van der Waals surface area contributed by atoms with Crippen molar-refractivity contribution < 1.29 is 19.1 Å². The van der Waals surface area contributed by atoms with E-state index in [-0.39, 0.29) is 11.9 Å². The zero-order valence-corrected chi connectivity index (χ0v) is 31.3. The van der Waals surface area contributed by atoms with Crippen molar-refractivity contribution in [3.63, 3.8) is 0 Å². The molecule has 0 heterocycles. The highest BCUT2D eigenvalue weighted by Gasteiger charge is 2.12. The minimum Gasteiger partial charge on any atom is -0.466 e. The summed E-state index contributed by atoms with van der Waals surface area (Å²) in [4.78, 5) is 26.9. The number of esters is 2. The summed E-state index contributed by atoms with van der Waals surface area (Å²) in [5.41, 5.74) is 0. The van der Waals surface area contributed by atoms with Crippen molar-refractivity contribution in [2.24, 2.45) is 0 Å². The van der Waals surface area contributed by atoms with E-state index in [4.69, 9.17) is 9.47 Å². The molecular weight excluding hydrogens is 572 g/mol. The normalized spacial score (nSPS) is 11.4. The molecule has 0 aliphatic carbocycles. The zero-order valence-electron chi connectivity index (χ0n) is 31.3. The van der Waals surface area contributed by atoms with Crippen LogP contribution in [0.2, 0.25) is 0 Å². The van der Waals surface area contributed by atoms with Crippen LogP contribution < -0.4 is 5.32 Å². The third kappa shape index (κ3) is 35.7. The fourth-order valence-electron chi connectivity index (χ4n) is 6.07. The monoisotopic (exact) mass is 653 g/mol. The van der Waals surface area contributed by atoms with Gasteiger partial charge in [-0.2, -0.15) is 0 Å². The van der Waals surface area contributed by atoms with Crippen LogP contribution in [0.15, 0.2) is 0 Å². The second-order valence-electron chi connectivity index (χ2n) is 13.7. The van der Waals surface area contributed by atoms with E-state index >= 15 is 0 Å². The Morgan fingerprint density at radius 3 is 1.04 bits per heavy atom. The molecule has 0 amide bonds. The predicted octanol–water partition coefficient (Wildman–Crippen LogP) is 10.9. The van der Waals surface area contributed by atoms with E-state index in [1.807, 2.05) is 7.05 Å². The fourth-order valence-corrected chi connectivity index (χ4v) is 6.07. The summed E-state index contributed by atoms with van der Waals surface area (Å²) in [5, 5.41) is 3.18. The molecule has 6 nitrogen and oxygen atoms in total. The average Bonchev–Trinajstić information content (AvgIpc) is 3.06. The van der Waals surface area contributed by atoms with Crippen molar-refractivity contribution >= 4 is 11.9 Å². The Morgan fingerprint density at radius 2 is 0.739 bits per heavy atom. The zero-order chi connectivity index (χ0) is 33.6. The first-order valence-corrected chi connectivity index (χ1v) is 20.3. The second kappa shape index (κ2) is 38.3. The molecule has 0 unspecified atom stereocenters. The number of hydrogen-bond acceptors (Lipinski definition) is 6. The van der Waals surface area contributed by atoms with Gasteiger partial charge in [0.2, 0.25) is 0 Å². The molecule has 0 saturated carbocycles. The van der Waals surface area contributed by atoms with Crippen LogP contribution in [0.25, 0.3) is 0 Å². The number of carbonyl (C=O) groups excluding carboxylic acids is 2. The number of nitrogens with zero attached hydrogens (tertiary/aromatic N) is 1. The number of unbranched alkanes of at least 4 members (excludes halogenated alkanes) is 24. The summed E-state index contributed by atoms with van der Waals surface area (Å²) in [5.74, 6) is -0.245. The molecule has 0 aromatic rings. The number of rotatable bonds is 38. The number of carbonyl (C=O) groups is 2. The van der Waals surface area contributed by atoms with Crippen LogP contribution >= 0.6 is 0 Å². The highest BCUT2D eigenvalue weighted by atomic mass is 16.5. The molecule has 0 radical (unpaired) electrons. The van der Waals surface area contributed by atoms with E-state index in [9.17, 15) is 9.59 Å². The number of nitrogens with one attached hydrogen (secondary N) is 1. The Labute approximate surface area is 287 Å². The average molecular weight is 653 g/mol. The first-order valence-electron chi connectivity index (χ1n) is 20.3. The van der Waals surface area contributed by atoms with Gasteiger partial charge >= 0.3 is 11.9 Å². The van der Waals surface area contributed by atoms with Crippen LogP contribution in [0.4, 0.5) is 0 Å². The second-order valence-corrected chi connectivity index (χ2v) is 13.7. The van der Waals surface area contributed by atoms with Crippen molar-refractivity contribution in [3.8, 4) is 0 Å². The van der Waals surface area contributed by atoms with Gasteiger partial charge in [-0.1, -0.05) is 168 Å². The summed E-state index contributed by atoms with van der Waals surface area (Å²) in [6.07, 6.45) is 35.9. The van der Waals surface area contributed by atoms with Gasteiger partial charge < -0.3 is 19.7 Å². The lowest BCUT2D eigenvalue weighted by Gasteiger charge is -2.21. The highest BCUT2D eigenvalue weighted by molar-refractivity contribution is 5.70. The highest BCUT2D eigenvalue weighted by Crippen LogP contribution is 2.14. The molecule has 0 bridgehead atoms. The van der Waals surface area contributed by atoms with Crippen LogP contribution in [-0.4, -0.2) is 63.3 Å².